The van der Waals surface area contributed by atoms with Crippen molar-refractivity contribution in [3.63, 3.8) is 0 Å². The minimum absolute atomic E-state index is 0.0415. The molecule has 2 unspecified atom stereocenters. The summed E-state index contributed by atoms with van der Waals surface area (Å²) in [5, 5.41) is 4.12. The van der Waals surface area contributed by atoms with Crippen LogP contribution in [-0.4, -0.2) is 11.9 Å². The van der Waals surface area contributed by atoms with Crippen LogP contribution in [-0.2, 0) is 0 Å². The van der Waals surface area contributed by atoms with E-state index in [2.05, 4.69) is 5.32 Å². The zero-order valence-corrected chi connectivity index (χ0v) is 14.1. The van der Waals surface area contributed by atoms with Crippen molar-refractivity contribution in [1.29, 1.82) is 0 Å². The van der Waals surface area contributed by atoms with Gasteiger partial charge in [0.1, 0.15) is 5.82 Å². The fourth-order valence-corrected chi connectivity index (χ4v) is 3.56. The molecule has 2 aromatic rings. The van der Waals surface area contributed by atoms with Crippen LogP contribution in [0.15, 0.2) is 36.4 Å². The molecule has 120 valence electrons. The number of carbonyl (C=O) groups is 1. The van der Waals surface area contributed by atoms with E-state index in [0.717, 1.165) is 18.4 Å². The van der Waals surface area contributed by atoms with Crippen molar-refractivity contribution < 1.29 is 9.18 Å². The number of rotatable bonds is 3. The maximum Gasteiger partial charge on any atom is 0.254 e. The van der Waals surface area contributed by atoms with Crippen LogP contribution in [0, 0.1) is 12.7 Å². The second kappa shape index (κ2) is 6.50. The van der Waals surface area contributed by atoms with Gasteiger partial charge < -0.3 is 5.32 Å². The zero-order valence-electron chi connectivity index (χ0n) is 12.6. The molecule has 0 saturated heterocycles. The van der Waals surface area contributed by atoms with Gasteiger partial charge in [0.05, 0.1) is 5.56 Å². The quantitative estimate of drug-likeness (QED) is 0.817. The number of benzene rings is 2. The van der Waals surface area contributed by atoms with Crippen LogP contribution >= 0.6 is 23.2 Å². The average Bonchev–Trinajstić information content (AvgIpc) is 2.46. The van der Waals surface area contributed by atoms with Gasteiger partial charge in [0.25, 0.3) is 5.91 Å². The first-order valence-corrected chi connectivity index (χ1v) is 8.24. The molecule has 0 radical (unpaired) electrons. The summed E-state index contributed by atoms with van der Waals surface area (Å²) in [5.74, 6) is -0.737. The van der Waals surface area contributed by atoms with Gasteiger partial charge in [0.2, 0.25) is 0 Å². The maximum absolute atomic E-state index is 13.9. The Kier molecular flexibility index (Phi) is 4.60. The first-order chi connectivity index (χ1) is 11.0. The molecule has 1 N–H and O–H groups in total. The Hall–Kier alpha value is -1.58. The van der Waals surface area contributed by atoms with E-state index >= 15 is 0 Å². The smallest absolute Gasteiger partial charge is 0.254 e. The van der Waals surface area contributed by atoms with Crippen LogP contribution in [0.5, 0.6) is 0 Å². The highest BCUT2D eigenvalue weighted by Gasteiger charge is 2.35. The highest BCUT2D eigenvalue weighted by Crippen LogP contribution is 2.41. The molecule has 1 aliphatic rings. The van der Waals surface area contributed by atoms with Crippen molar-refractivity contribution in [3.8, 4) is 0 Å². The van der Waals surface area contributed by atoms with Gasteiger partial charge in [-0.2, -0.15) is 0 Å². The van der Waals surface area contributed by atoms with Crippen molar-refractivity contribution in [2.75, 3.05) is 0 Å². The van der Waals surface area contributed by atoms with Crippen LogP contribution in [0.1, 0.15) is 40.2 Å². The SMILES string of the molecule is Cc1cccc(F)c1C(=O)NC1CCC1c1ccc(Cl)cc1Cl. The summed E-state index contributed by atoms with van der Waals surface area (Å²) in [6, 6.07) is 9.98. The molecular formula is C18H16Cl2FNO. The standard InChI is InChI=1S/C18H16Cl2FNO/c1-10-3-2-4-15(21)17(10)18(23)22-16-8-7-13(16)12-6-5-11(19)9-14(12)20/h2-6,9,13,16H,7-8H2,1H3,(H,22,23). The van der Waals surface area contributed by atoms with Crippen LogP contribution < -0.4 is 5.32 Å². The number of hydrogen-bond acceptors (Lipinski definition) is 1. The molecule has 1 aliphatic carbocycles. The lowest BCUT2D eigenvalue weighted by Gasteiger charge is -2.38. The molecule has 2 aromatic carbocycles. The van der Waals surface area contributed by atoms with Crippen molar-refractivity contribution in [2.45, 2.75) is 31.7 Å². The second-order valence-corrected chi connectivity index (χ2v) is 6.71. The van der Waals surface area contributed by atoms with Gasteiger partial charge in [0.15, 0.2) is 0 Å². The monoisotopic (exact) mass is 351 g/mol. The molecule has 23 heavy (non-hydrogen) atoms. The summed E-state index contributed by atoms with van der Waals surface area (Å²) >= 11 is 12.2. The van der Waals surface area contributed by atoms with Gasteiger partial charge in [-0.15, -0.1) is 0 Å². The van der Waals surface area contributed by atoms with Crippen molar-refractivity contribution in [1.82, 2.24) is 5.32 Å². The lowest BCUT2D eigenvalue weighted by Crippen LogP contribution is -2.45. The average molecular weight is 352 g/mol. The van der Waals surface area contributed by atoms with Crippen LogP contribution in [0.4, 0.5) is 4.39 Å². The molecule has 3 rings (SSSR count). The van der Waals surface area contributed by atoms with Crippen molar-refractivity contribution in [2.24, 2.45) is 0 Å². The van der Waals surface area contributed by atoms with E-state index in [0.29, 0.717) is 15.6 Å². The van der Waals surface area contributed by atoms with E-state index in [1.807, 2.05) is 6.07 Å². The number of hydrogen-bond donors (Lipinski definition) is 1. The van der Waals surface area contributed by atoms with E-state index in [4.69, 9.17) is 23.2 Å². The predicted molar refractivity (Wildman–Crippen MR) is 90.8 cm³/mol. The molecule has 0 bridgehead atoms. The van der Waals surface area contributed by atoms with E-state index in [1.165, 1.54) is 6.07 Å². The van der Waals surface area contributed by atoms with Gasteiger partial charge in [-0.1, -0.05) is 41.4 Å². The Balaban J connectivity index is 1.77. The molecule has 0 aliphatic heterocycles. The molecule has 1 fully saturated rings. The molecule has 2 nitrogen and oxygen atoms in total. The summed E-state index contributed by atoms with van der Waals surface area (Å²) in [6.07, 6.45) is 1.78. The fraction of sp³-hybridized carbons (Fsp3) is 0.278. The number of amides is 1. The third-order valence-corrected chi connectivity index (χ3v) is 4.96. The molecule has 1 amide bonds. The molecule has 5 heteroatoms. The van der Waals surface area contributed by atoms with E-state index in [-0.39, 0.29) is 23.4 Å². The zero-order chi connectivity index (χ0) is 16.6. The summed E-state index contributed by atoms with van der Waals surface area (Å²) in [6.45, 7) is 1.73. The Bertz CT molecular complexity index is 742. The third kappa shape index (κ3) is 3.22. The largest absolute Gasteiger partial charge is 0.349 e. The first-order valence-electron chi connectivity index (χ1n) is 7.48. The summed E-state index contributed by atoms with van der Waals surface area (Å²) in [7, 11) is 0. The lowest BCUT2D eigenvalue weighted by atomic mass is 9.75. The predicted octanol–water partition coefficient (Wildman–Crippen LogP) is 5.12. The van der Waals surface area contributed by atoms with Crippen LogP contribution in [0.3, 0.4) is 0 Å². The van der Waals surface area contributed by atoms with E-state index in [9.17, 15) is 9.18 Å². The lowest BCUT2D eigenvalue weighted by molar-refractivity contribution is 0.0900. The third-order valence-electron chi connectivity index (χ3n) is 4.40. The number of nitrogens with one attached hydrogen (secondary N) is 1. The van der Waals surface area contributed by atoms with E-state index < -0.39 is 5.82 Å². The molecular weight excluding hydrogens is 336 g/mol. The Morgan fingerprint density at radius 2 is 2.00 bits per heavy atom. The Morgan fingerprint density at radius 1 is 1.22 bits per heavy atom. The number of carbonyl (C=O) groups excluding carboxylic acids is 1. The molecule has 0 heterocycles. The molecule has 2 atom stereocenters. The number of halogens is 3. The molecule has 1 saturated carbocycles. The van der Waals surface area contributed by atoms with E-state index in [1.54, 1.807) is 31.2 Å². The second-order valence-electron chi connectivity index (χ2n) is 5.86. The van der Waals surface area contributed by atoms with Gasteiger partial charge in [-0.3, -0.25) is 4.79 Å². The van der Waals surface area contributed by atoms with Crippen molar-refractivity contribution in [3.05, 3.63) is 69.0 Å². The summed E-state index contributed by atoms with van der Waals surface area (Å²) < 4.78 is 13.9. The highest BCUT2D eigenvalue weighted by molar-refractivity contribution is 6.35. The summed E-state index contributed by atoms with van der Waals surface area (Å²) in [4.78, 5) is 12.4. The minimum atomic E-state index is -0.497. The van der Waals surface area contributed by atoms with Crippen LogP contribution in [0.2, 0.25) is 10.0 Å². The highest BCUT2D eigenvalue weighted by atomic mass is 35.5. The number of aryl methyl sites for hydroxylation is 1. The Morgan fingerprint density at radius 3 is 2.61 bits per heavy atom. The maximum atomic E-state index is 13.9. The van der Waals surface area contributed by atoms with Gasteiger partial charge in [-0.25, -0.2) is 4.39 Å². The fourth-order valence-electron chi connectivity index (χ4n) is 3.01. The normalized spacial score (nSPS) is 20.0. The first kappa shape index (κ1) is 16.3. The van der Waals surface area contributed by atoms with Gasteiger partial charge in [0, 0.05) is 22.0 Å². The topological polar surface area (TPSA) is 29.1 Å². The summed E-state index contributed by atoms with van der Waals surface area (Å²) in [5.41, 5.74) is 1.71. The minimum Gasteiger partial charge on any atom is -0.349 e. The van der Waals surface area contributed by atoms with Gasteiger partial charge in [-0.05, 0) is 49.1 Å². The van der Waals surface area contributed by atoms with Crippen molar-refractivity contribution >= 4 is 29.1 Å². The Labute approximate surface area is 144 Å². The molecule has 0 aromatic heterocycles. The molecule has 0 spiro atoms. The van der Waals surface area contributed by atoms with Gasteiger partial charge >= 0.3 is 0 Å². The van der Waals surface area contributed by atoms with Crippen LogP contribution in [0.25, 0.3) is 0 Å².